The number of hydrogen-bond donors (Lipinski definition) is 4. The molecular formula is C7H14O6. The summed E-state index contributed by atoms with van der Waals surface area (Å²) in [6.07, 6.45) is -5.91. The molecule has 1 aliphatic heterocycles. The smallest absolute Gasteiger partial charge is 0.186 e. The first kappa shape index (κ1) is 10.8. The Labute approximate surface area is 75.3 Å². The fraction of sp³-hybridized carbons (Fsp3) is 1.00. The fourth-order valence-corrected chi connectivity index (χ4v) is 1.26. The van der Waals surface area contributed by atoms with Crippen molar-refractivity contribution in [2.75, 3.05) is 13.7 Å². The summed E-state index contributed by atoms with van der Waals surface area (Å²) in [7, 11) is 1.30. The van der Waals surface area contributed by atoms with E-state index < -0.39 is 37.3 Å². The molecule has 0 spiro atoms. The molecule has 0 amide bonds. The first-order chi connectivity index (χ1) is 6.11. The first-order valence-electron chi connectivity index (χ1n) is 3.95. The summed E-state index contributed by atoms with van der Waals surface area (Å²) >= 11 is 0. The Morgan fingerprint density at radius 2 is 1.77 bits per heavy atom. The molecule has 0 aromatic heterocycles. The van der Waals surface area contributed by atoms with E-state index in [4.69, 9.17) is 14.6 Å². The van der Waals surface area contributed by atoms with Crippen molar-refractivity contribution in [3.63, 3.8) is 0 Å². The Morgan fingerprint density at radius 3 is 2.23 bits per heavy atom. The van der Waals surface area contributed by atoms with Gasteiger partial charge in [0, 0.05) is 7.11 Å². The highest BCUT2D eigenvalue weighted by molar-refractivity contribution is 4.88. The van der Waals surface area contributed by atoms with Crippen molar-refractivity contribution in [3.05, 3.63) is 0 Å². The zero-order valence-corrected chi connectivity index (χ0v) is 7.20. The van der Waals surface area contributed by atoms with Crippen LogP contribution >= 0.6 is 0 Å². The van der Waals surface area contributed by atoms with Gasteiger partial charge in [-0.3, -0.25) is 0 Å². The molecular weight excluding hydrogens is 180 g/mol. The molecule has 0 saturated carbocycles. The minimum Gasteiger partial charge on any atom is -0.394 e. The molecule has 0 radical (unpaired) electrons. The van der Waals surface area contributed by atoms with Crippen molar-refractivity contribution in [2.24, 2.45) is 0 Å². The summed E-state index contributed by atoms with van der Waals surface area (Å²) in [5.41, 5.74) is 0. The molecule has 0 aliphatic carbocycles. The quantitative estimate of drug-likeness (QED) is 0.386. The number of hydrogen-bond acceptors (Lipinski definition) is 6. The lowest BCUT2D eigenvalue weighted by Crippen LogP contribution is -2.58. The summed E-state index contributed by atoms with van der Waals surface area (Å²) in [5, 5.41) is 36.6. The van der Waals surface area contributed by atoms with E-state index >= 15 is 0 Å². The van der Waals surface area contributed by atoms with Crippen LogP contribution in [0.3, 0.4) is 0 Å². The second-order valence-corrected chi connectivity index (χ2v) is 2.93. The van der Waals surface area contributed by atoms with Crippen LogP contribution in [-0.2, 0) is 9.47 Å². The third-order valence-electron chi connectivity index (χ3n) is 2.08. The number of aliphatic hydroxyl groups excluding tert-OH is 4. The highest BCUT2D eigenvalue weighted by Gasteiger charge is 2.43. The summed E-state index contributed by atoms with van der Waals surface area (Å²) in [5.74, 6) is 0. The van der Waals surface area contributed by atoms with Crippen LogP contribution in [0.5, 0.6) is 0 Å². The first-order valence-corrected chi connectivity index (χ1v) is 3.95. The average Bonchev–Trinajstić information content (AvgIpc) is 2.15. The van der Waals surface area contributed by atoms with Crippen LogP contribution in [0.4, 0.5) is 0 Å². The monoisotopic (exact) mass is 194 g/mol. The third kappa shape index (κ3) is 1.98. The Bertz CT molecular complexity index is 143. The number of methoxy groups -OCH3 is 1. The third-order valence-corrected chi connectivity index (χ3v) is 2.08. The van der Waals surface area contributed by atoms with Crippen LogP contribution in [0.25, 0.3) is 0 Å². The van der Waals surface area contributed by atoms with Gasteiger partial charge in [-0.1, -0.05) is 0 Å². The van der Waals surface area contributed by atoms with Crippen molar-refractivity contribution in [3.8, 4) is 0 Å². The van der Waals surface area contributed by atoms with Crippen LogP contribution in [-0.4, -0.2) is 64.8 Å². The maximum Gasteiger partial charge on any atom is 0.186 e. The van der Waals surface area contributed by atoms with Crippen LogP contribution in [0.2, 0.25) is 0 Å². The van der Waals surface area contributed by atoms with E-state index in [1.807, 2.05) is 0 Å². The molecule has 5 atom stereocenters. The van der Waals surface area contributed by atoms with Gasteiger partial charge in [0.05, 0.1) is 6.61 Å². The Balaban J connectivity index is 2.66. The van der Waals surface area contributed by atoms with E-state index in [2.05, 4.69) is 0 Å². The molecule has 0 aromatic rings. The molecule has 1 heterocycles. The van der Waals surface area contributed by atoms with Crippen molar-refractivity contribution in [2.45, 2.75) is 30.7 Å². The van der Waals surface area contributed by atoms with E-state index in [-0.39, 0.29) is 0 Å². The van der Waals surface area contributed by atoms with Gasteiger partial charge in [0.25, 0.3) is 0 Å². The second-order valence-electron chi connectivity index (χ2n) is 2.93. The van der Waals surface area contributed by atoms with Gasteiger partial charge in [0.1, 0.15) is 24.4 Å². The van der Waals surface area contributed by atoms with Crippen molar-refractivity contribution in [1.29, 1.82) is 0 Å². The van der Waals surface area contributed by atoms with E-state index in [1.165, 1.54) is 7.11 Å². The minimum atomic E-state index is -1.36. The lowest BCUT2D eigenvalue weighted by molar-refractivity contribution is -0.294. The highest BCUT2D eigenvalue weighted by Crippen LogP contribution is 2.20. The molecule has 0 aromatic carbocycles. The molecule has 0 bridgehead atoms. The van der Waals surface area contributed by atoms with Gasteiger partial charge in [-0.15, -0.1) is 0 Å². The second kappa shape index (κ2) is 4.32. The number of aliphatic hydroxyl groups is 4. The van der Waals surface area contributed by atoms with Crippen molar-refractivity contribution in [1.82, 2.24) is 0 Å². The van der Waals surface area contributed by atoms with Gasteiger partial charge in [-0.05, 0) is 0 Å². The van der Waals surface area contributed by atoms with E-state index in [0.717, 1.165) is 0 Å². The summed E-state index contributed by atoms with van der Waals surface area (Å²) in [4.78, 5) is 0. The summed E-state index contributed by atoms with van der Waals surface area (Å²) in [6.45, 7) is -0.440. The van der Waals surface area contributed by atoms with E-state index in [9.17, 15) is 15.3 Å². The van der Waals surface area contributed by atoms with Crippen molar-refractivity contribution < 1.29 is 29.9 Å². The largest absolute Gasteiger partial charge is 0.394 e. The summed E-state index contributed by atoms with van der Waals surface area (Å²) < 4.78 is 9.65. The van der Waals surface area contributed by atoms with E-state index in [1.54, 1.807) is 0 Å². The Kier molecular flexibility index (Phi) is 3.60. The van der Waals surface area contributed by atoms with Crippen LogP contribution in [0, 0.1) is 0 Å². The molecule has 1 fully saturated rings. The van der Waals surface area contributed by atoms with Crippen LogP contribution in [0.1, 0.15) is 0 Å². The molecule has 13 heavy (non-hydrogen) atoms. The van der Waals surface area contributed by atoms with Crippen LogP contribution < -0.4 is 0 Å². The molecule has 1 aliphatic rings. The molecule has 1 unspecified atom stereocenters. The molecule has 6 nitrogen and oxygen atoms in total. The van der Waals surface area contributed by atoms with Gasteiger partial charge < -0.3 is 29.9 Å². The van der Waals surface area contributed by atoms with Crippen molar-refractivity contribution >= 4 is 0 Å². The van der Waals surface area contributed by atoms with E-state index in [0.29, 0.717) is 0 Å². The predicted octanol–water partition coefficient (Wildman–Crippen LogP) is -2.57. The topological polar surface area (TPSA) is 99.4 Å². The Morgan fingerprint density at radius 1 is 1.15 bits per heavy atom. The highest BCUT2D eigenvalue weighted by atomic mass is 16.7. The molecule has 1 rings (SSSR count). The van der Waals surface area contributed by atoms with Gasteiger partial charge >= 0.3 is 0 Å². The summed E-state index contributed by atoms with van der Waals surface area (Å²) in [6, 6.07) is 0. The van der Waals surface area contributed by atoms with Gasteiger partial charge in [0.15, 0.2) is 6.29 Å². The average molecular weight is 194 g/mol. The Hall–Kier alpha value is -0.240. The molecule has 78 valence electrons. The minimum absolute atomic E-state index is 0.440. The predicted molar refractivity (Wildman–Crippen MR) is 40.8 cm³/mol. The fourth-order valence-electron chi connectivity index (χ4n) is 1.26. The van der Waals surface area contributed by atoms with Gasteiger partial charge in [-0.25, -0.2) is 0 Å². The van der Waals surface area contributed by atoms with Crippen LogP contribution in [0.15, 0.2) is 0 Å². The lowest BCUT2D eigenvalue weighted by Gasteiger charge is -2.38. The normalized spacial score (nSPS) is 46.4. The van der Waals surface area contributed by atoms with Gasteiger partial charge in [-0.2, -0.15) is 0 Å². The standard InChI is InChI=1S/C7H14O6/c1-12-7-6(11)5(10)4(9)3(2-8)13-7/h3-11H,2H2,1H3/t3-,4-,5+,6+,7?/m1/s1. The zero-order valence-electron chi connectivity index (χ0n) is 7.20. The maximum absolute atomic E-state index is 9.28. The molecule has 1 saturated heterocycles. The maximum atomic E-state index is 9.28. The SMILES string of the molecule is COC1O[C@H](CO)[C@@H](O)[C@H](O)[C@@H]1O. The lowest BCUT2D eigenvalue weighted by atomic mass is 9.99. The molecule has 6 heteroatoms. The van der Waals surface area contributed by atoms with Gasteiger partial charge in [0.2, 0.25) is 0 Å². The molecule has 4 N–H and O–H groups in total. The number of ether oxygens (including phenoxy) is 2. The zero-order chi connectivity index (χ0) is 10.0. The number of rotatable bonds is 2.